The van der Waals surface area contributed by atoms with E-state index in [0.717, 1.165) is 23.3 Å². The summed E-state index contributed by atoms with van der Waals surface area (Å²) in [7, 11) is 1.71. The third kappa shape index (κ3) is 6.04. The van der Waals surface area contributed by atoms with Crippen LogP contribution < -0.4 is 4.74 Å². The monoisotopic (exact) mass is 296 g/mol. The number of benzene rings is 1. The van der Waals surface area contributed by atoms with Gasteiger partial charge in [0, 0.05) is 19.3 Å². The molecule has 4 heteroatoms. The van der Waals surface area contributed by atoms with Crippen LogP contribution in [0.3, 0.4) is 0 Å². The predicted octanol–water partition coefficient (Wildman–Crippen LogP) is 3.47. The van der Waals surface area contributed by atoms with Gasteiger partial charge in [-0.1, -0.05) is 6.07 Å². The zero-order valence-electron chi connectivity index (χ0n) is 13.8. The number of hydrogen-bond acceptors (Lipinski definition) is 4. The highest BCUT2D eigenvalue weighted by Gasteiger charge is 2.16. The maximum Gasteiger partial charge on any atom is 0.124 e. The SMILES string of the molecule is CCOc1ccc(C(C)O)cc1COCCC(C)(C)OC. The summed E-state index contributed by atoms with van der Waals surface area (Å²) in [6.07, 6.45) is 0.329. The lowest BCUT2D eigenvalue weighted by Gasteiger charge is -2.22. The number of aliphatic hydroxyl groups excluding tert-OH is 1. The van der Waals surface area contributed by atoms with Crippen LogP contribution in [-0.4, -0.2) is 31.0 Å². The molecule has 0 aliphatic carbocycles. The molecule has 0 aromatic heterocycles. The Balaban J connectivity index is 2.65. The van der Waals surface area contributed by atoms with E-state index in [1.54, 1.807) is 14.0 Å². The van der Waals surface area contributed by atoms with Crippen molar-refractivity contribution >= 4 is 0 Å². The largest absolute Gasteiger partial charge is 0.494 e. The maximum absolute atomic E-state index is 9.68. The van der Waals surface area contributed by atoms with Gasteiger partial charge in [-0.2, -0.15) is 0 Å². The molecule has 1 unspecified atom stereocenters. The molecule has 0 fully saturated rings. The molecule has 1 rings (SSSR count). The van der Waals surface area contributed by atoms with E-state index in [1.165, 1.54) is 0 Å². The van der Waals surface area contributed by atoms with E-state index in [0.29, 0.717) is 19.8 Å². The molecular formula is C17H28O4. The van der Waals surface area contributed by atoms with Gasteiger partial charge in [0.1, 0.15) is 5.75 Å². The van der Waals surface area contributed by atoms with Crippen LogP contribution in [0.25, 0.3) is 0 Å². The van der Waals surface area contributed by atoms with Crippen molar-refractivity contribution in [3.63, 3.8) is 0 Å². The fourth-order valence-corrected chi connectivity index (χ4v) is 1.87. The van der Waals surface area contributed by atoms with E-state index in [2.05, 4.69) is 0 Å². The molecule has 1 N–H and O–H groups in total. The summed E-state index contributed by atoms with van der Waals surface area (Å²) in [5.41, 5.74) is 1.66. The molecule has 0 aliphatic heterocycles. The van der Waals surface area contributed by atoms with Gasteiger partial charge in [-0.15, -0.1) is 0 Å². The molecule has 0 radical (unpaired) electrons. The van der Waals surface area contributed by atoms with Crippen molar-refractivity contribution in [2.45, 2.75) is 52.4 Å². The van der Waals surface area contributed by atoms with Crippen molar-refractivity contribution in [1.29, 1.82) is 0 Å². The Kier molecular flexibility index (Phi) is 7.15. The third-order valence-corrected chi connectivity index (χ3v) is 3.53. The summed E-state index contributed by atoms with van der Waals surface area (Å²) >= 11 is 0. The quantitative estimate of drug-likeness (QED) is 0.709. The lowest BCUT2D eigenvalue weighted by molar-refractivity contribution is -0.0126. The van der Waals surface area contributed by atoms with Crippen LogP contribution in [0.5, 0.6) is 5.75 Å². The van der Waals surface area contributed by atoms with E-state index in [1.807, 2.05) is 39.0 Å². The van der Waals surface area contributed by atoms with Crippen molar-refractivity contribution in [3.05, 3.63) is 29.3 Å². The van der Waals surface area contributed by atoms with Gasteiger partial charge in [0.05, 0.1) is 24.9 Å². The molecule has 0 aliphatic rings. The molecular weight excluding hydrogens is 268 g/mol. The zero-order chi connectivity index (χ0) is 15.9. The maximum atomic E-state index is 9.68. The lowest BCUT2D eigenvalue weighted by atomic mass is 10.1. The molecule has 1 aromatic carbocycles. The second kappa shape index (κ2) is 8.37. The Morgan fingerprint density at radius 1 is 1.29 bits per heavy atom. The molecule has 4 nitrogen and oxygen atoms in total. The average Bonchev–Trinajstić information content (AvgIpc) is 2.45. The van der Waals surface area contributed by atoms with Gasteiger partial charge < -0.3 is 19.3 Å². The Bertz CT molecular complexity index is 427. The van der Waals surface area contributed by atoms with Gasteiger partial charge in [0.25, 0.3) is 0 Å². The van der Waals surface area contributed by atoms with Gasteiger partial charge in [0.2, 0.25) is 0 Å². The second-order valence-electron chi connectivity index (χ2n) is 5.74. The number of methoxy groups -OCH3 is 1. The minimum absolute atomic E-state index is 0.176. The van der Waals surface area contributed by atoms with E-state index in [-0.39, 0.29) is 5.60 Å². The topological polar surface area (TPSA) is 47.9 Å². The van der Waals surface area contributed by atoms with E-state index in [9.17, 15) is 5.11 Å². The van der Waals surface area contributed by atoms with E-state index in [4.69, 9.17) is 14.2 Å². The minimum Gasteiger partial charge on any atom is -0.494 e. The first-order chi connectivity index (χ1) is 9.89. The van der Waals surface area contributed by atoms with Crippen LogP contribution in [0.4, 0.5) is 0 Å². The Hall–Kier alpha value is -1.10. The fourth-order valence-electron chi connectivity index (χ4n) is 1.87. The highest BCUT2D eigenvalue weighted by Crippen LogP contribution is 2.24. The third-order valence-electron chi connectivity index (χ3n) is 3.53. The molecule has 120 valence electrons. The minimum atomic E-state index is -0.494. The lowest BCUT2D eigenvalue weighted by Crippen LogP contribution is -2.24. The van der Waals surface area contributed by atoms with Crippen LogP contribution in [0.15, 0.2) is 18.2 Å². The van der Waals surface area contributed by atoms with Crippen LogP contribution in [0, 0.1) is 0 Å². The molecule has 0 saturated carbocycles. The summed E-state index contributed by atoms with van der Waals surface area (Å²) in [4.78, 5) is 0. The van der Waals surface area contributed by atoms with Crippen molar-refractivity contribution in [1.82, 2.24) is 0 Å². The Morgan fingerprint density at radius 2 is 2.00 bits per heavy atom. The molecule has 0 bridgehead atoms. The zero-order valence-corrected chi connectivity index (χ0v) is 13.8. The summed E-state index contributed by atoms with van der Waals surface area (Å²) in [5, 5.41) is 9.68. The summed E-state index contributed by atoms with van der Waals surface area (Å²) < 4.78 is 16.7. The standard InChI is InChI=1S/C17H28O4/c1-6-21-16-8-7-14(13(2)18)11-15(16)12-20-10-9-17(3,4)19-5/h7-8,11,13,18H,6,9-10,12H2,1-5H3. The number of aliphatic hydroxyl groups is 1. The summed E-state index contributed by atoms with van der Waals surface area (Å²) in [5.74, 6) is 0.813. The van der Waals surface area contributed by atoms with Crippen molar-refractivity contribution in [3.8, 4) is 5.75 Å². The first-order valence-electron chi connectivity index (χ1n) is 7.46. The van der Waals surface area contributed by atoms with Crippen LogP contribution in [-0.2, 0) is 16.1 Å². The molecule has 0 spiro atoms. The molecule has 0 heterocycles. The van der Waals surface area contributed by atoms with Crippen LogP contribution >= 0.6 is 0 Å². The first kappa shape index (κ1) is 18.0. The van der Waals surface area contributed by atoms with E-state index < -0.39 is 6.10 Å². The molecule has 1 aromatic rings. The molecule has 0 saturated heterocycles. The Labute approximate surface area is 128 Å². The van der Waals surface area contributed by atoms with Crippen LogP contribution in [0.2, 0.25) is 0 Å². The summed E-state index contributed by atoms with van der Waals surface area (Å²) in [6, 6.07) is 5.72. The first-order valence-corrected chi connectivity index (χ1v) is 7.46. The van der Waals surface area contributed by atoms with Gasteiger partial charge >= 0.3 is 0 Å². The van der Waals surface area contributed by atoms with Gasteiger partial charge in [-0.05, 0) is 51.8 Å². The van der Waals surface area contributed by atoms with Gasteiger partial charge in [-0.3, -0.25) is 0 Å². The molecule has 21 heavy (non-hydrogen) atoms. The average molecular weight is 296 g/mol. The Morgan fingerprint density at radius 3 is 2.57 bits per heavy atom. The van der Waals surface area contributed by atoms with E-state index >= 15 is 0 Å². The molecule has 1 atom stereocenters. The fraction of sp³-hybridized carbons (Fsp3) is 0.647. The van der Waals surface area contributed by atoms with Crippen molar-refractivity contribution in [2.24, 2.45) is 0 Å². The van der Waals surface area contributed by atoms with Gasteiger partial charge in [-0.25, -0.2) is 0 Å². The number of ether oxygens (including phenoxy) is 3. The van der Waals surface area contributed by atoms with Gasteiger partial charge in [0.15, 0.2) is 0 Å². The molecule has 0 amide bonds. The van der Waals surface area contributed by atoms with Crippen molar-refractivity contribution in [2.75, 3.05) is 20.3 Å². The predicted molar refractivity (Wildman–Crippen MR) is 83.6 cm³/mol. The highest BCUT2D eigenvalue weighted by atomic mass is 16.5. The number of rotatable bonds is 9. The second-order valence-corrected chi connectivity index (χ2v) is 5.74. The smallest absolute Gasteiger partial charge is 0.124 e. The van der Waals surface area contributed by atoms with Crippen molar-refractivity contribution < 1.29 is 19.3 Å². The van der Waals surface area contributed by atoms with Crippen LogP contribution in [0.1, 0.15) is 51.3 Å². The number of hydrogen-bond donors (Lipinski definition) is 1. The highest BCUT2D eigenvalue weighted by molar-refractivity contribution is 5.37. The summed E-state index contributed by atoms with van der Waals surface area (Å²) in [6.45, 7) is 9.47. The normalized spacial score (nSPS) is 13.2.